The number of rotatable bonds is 3. The van der Waals surface area contributed by atoms with Gasteiger partial charge in [-0.05, 0) is 12.1 Å². The molecule has 0 radical (unpaired) electrons. The second-order valence-corrected chi connectivity index (χ2v) is 5.02. The van der Waals surface area contributed by atoms with Crippen LogP contribution in [0.15, 0.2) is 30.5 Å². The lowest BCUT2D eigenvalue weighted by atomic mass is 10.1. The van der Waals surface area contributed by atoms with Crippen LogP contribution in [0.5, 0.6) is 0 Å². The number of carboxylic acids is 1. The van der Waals surface area contributed by atoms with E-state index < -0.39 is 5.97 Å². The van der Waals surface area contributed by atoms with Gasteiger partial charge in [-0.15, -0.1) is 0 Å². The first-order valence-electron chi connectivity index (χ1n) is 6.47. The zero-order chi connectivity index (χ0) is 15.0. The zero-order valence-electron chi connectivity index (χ0n) is 11.2. The van der Waals surface area contributed by atoms with Gasteiger partial charge in [0.15, 0.2) is 0 Å². The second kappa shape index (κ2) is 5.18. The number of H-pyrrole nitrogens is 1. The second-order valence-electron chi connectivity index (χ2n) is 4.58. The van der Waals surface area contributed by atoms with Gasteiger partial charge in [0, 0.05) is 23.2 Å². The topological polar surface area (TPSA) is 78.9 Å². The normalized spacial score (nSPS) is 11.0. The van der Waals surface area contributed by atoms with Crippen LogP contribution in [0.25, 0.3) is 22.3 Å². The monoisotopic (exact) mass is 301 g/mol. The van der Waals surface area contributed by atoms with Crippen molar-refractivity contribution in [3.8, 4) is 11.3 Å². The number of fused-ring (bicyclic) bond motifs is 1. The van der Waals surface area contributed by atoms with Crippen LogP contribution in [0.4, 0.5) is 0 Å². The first-order chi connectivity index (χ1) is 10.1. The Morgan fingerprint density at radius 3 is 2.86 bits per heavy atom. The third kappa shape index (κ3) is 2.36. The number of nitrogens with one attached hydrogen (secondary N) is 1. The quantitative estimate of drug-likeness (QED) is 0.775. The number of aromatic nitrogens is 3. The summed E-state index contributed by atoms with van der Waals surface area (Å²) in [6, 6.07) is 7.19. The molecule has 0 unspecified atom stereocenters. The highest BCUT2D eigenvalue weighted by Crippen LogP contribution is 2.30. The number of aromatic amines is 1. The highest BCUT2D eigenvalue weighted by atomic mass is 35.5. The van der Waals surface area contributed by atoms with Gasteiger partial charge in [0.1, 0.15) is 11.5 Å². The molecule has 0 amide bonds. The fourth-order valence-corrected chi connectivity index (χ4v) is 2.44. The Morgan fingerprint density at radius 2 is 2.19 bits per heavy atom. The van der Waals surface area contributed by atoms with Crippen molar-refractivity contribution in [2.75, 3.05) is 0 Å². The molecule has 5 nitrogen and oxygen atoms in total. The van der Waals surface area contributed by atoms with Crippen molar-refractivity contribution in [1.29, 1.82) is 0 Å². The van der Waals surface area contributed by atoms with Gasteiger partial charge in [0.25, 0.3) is 0 Å². The van der Waals surface area contributed by atoms with E-state index in [-0.39, 0.29) is 5.56 Å². The lowest BCUT2D eigenvalue weighted by molar-refractivity contribution is 0.0699. The minimum Gasteiger partial charge on any atom is -0.478 e. The van der Waals surface area contributed by atoms with E-state index in [1.165, 1.54) is 6.20 Å². The summed E-state index contributed by atoms with van der Waals surface area (Å²) in [5.41, 5.74) is 2.03. The molecule has 0 bridgehead atoms. The molecular formula is C15H12ClN3O2. The van der Waals surface area contributed by atoms with Gasteiger partial charge in [0.2, 0.25) is 0 Å². The molecule has 6 heteroatoms. The molecule has 2 heterocycles. The van der Waals surface area contributed by atoms with Crippen molar-refractivity contribution in [3.63, 3.8) is 0 Å². The van der Waals surface area contributed by atoms with E-state index in [0.717, 1.165) is 5.56 Å². The maximum Gasteiger partial charge on any atom is 0.338 e. The summed E-state index contributed by atoms with van der Waals surface area (Å²) in [7, 11) is 0. The number of aryl methyl sites for hydroxylation is 1. The van der Waals surface area contributed by atoms with Crippen molar-refractivity contribution in [2.24, 2.45) is 0 Å². The molecule has 21 heavy (non-hydrogen) atoms. The number of benzene rings is 1. The number of carboxylic acid groups (broad SMARTS) is 1. The molecule has 0 saturated heterocycles. The molecule has 0 atom stereocenters. The Balaban J connectivity index is 2.37. The maximum atomic E-state index is 11.4. The van der Waals surface area contributed by atoms with Crippen molar-refractivity contribution in [2.45, 2.75) is 13.3 Å². The summed E-state index contributed by atoms with van der Waals surface area (Å²) in [5.74, 6) is -0.367. The van der Waals surface area contributed by atoms with Crippen molar-refractivity contribution >= 4 is 28.6 Å². The first kappa shape index (κ1) is 13.6. The minimum atomic E-state index is -1.02. The van der Waals surface area contributed by atoms with Gasteiger partial charge < -0.3 is 10.1 Å². The van der Waals surface area contributed by atoms with Crippen LogP contribution in [-0.2, 0) is 6.42 Å². The number of hydrogen-bond donors (Lipinski definition) is 2. The number of aromatic carboxylic acids is 1. The molecule has 106 valence electrons. The average molecular weight is 302 g/mol. The van der Waals surface area contributed by atoms with E-state index in [1.807, 2.05) is 19.1 Å². The predicted molar refractivity (Wildman–Crippen MR) is 80.7 cm³/mol. The smallest absolute Gasteiger partial charge is 0.338 e. The average Bonchev–Trinajstić information content (AvgIpc) is 2.90. The van der Waals surface area contributed by atoms with Gasteiger partial charge >= 0.3 is 5.97 Å². The SMILES string of the molecule is CCc1nc(-c2cccc(Cl)c2)c2c(C(=O)O)c[nH]c2n1. The van der Waals surface area contributed by atoms with E-state index in [1.54, 1.807) is 12.1 Å². The van der Waals surface area contributed by atoms with Crippen molar-refractivity contribution in [1.82, 2.24) is 15.0 Å². The standard InChI is InChI=1S/C15H12ClN3O2/c1-2-11-18-13(8-4-3-5-9(16)6-8)12-10(15(20)21)7-17-14(12)19-11/h3-7H,2H2,1H3,(H,20,21)(H,17,18,19). The summed E-state index contributed by atoms with van der Waals surface area (Å²) in [6.07, 6.45) is 2.10. The number of carbonyl (C=O) groups is 1. The molecule has 0 saturated carbocycles. The van der Waals surface area contributed by atoms with Gasteiger partial charge in [-0.3, -0.25) is 0 Å². The predicted octanol–water partition coefficient (Wildman–Crippen LogP) is 3.54. The molecule has 0 aliphatic carbocycles. The molecular weight excluding hydrogens is 290 g/mol. The fourth-order valence-electron chi connectivity index (χ4n) is 2.25. The first-order valence-corrected chi connectivity index (χ1v) is 6.85. The zero-order valence-corrected chi connectivity index (χ0v) is 12.0. The Labute approximate surface area is 125 Å². The maximum absolute atomic E-state index is 11.4. The molecule has 3 aromatic rings. The van der Waals surface area contributed by atoms with Gasteiger partial charge in [-0.25, -0.2) is 14.8 Å². The molecule has 0 fully saturated rings. The van der Waals surface area contributed by atoms with Crippen LogP contribution in [0.3, 0.4) is 0 Å². The van der Waals surface area contributed by atoms with E-state index in [2.05, 4.69) is 15.0 Å². The van der Waals surface area contributed by atoms with E-state index in [4.69, 9.17) is 11.6 Å². The largest absolute Gasteiger partial charge is 0.478 e. The molecule has 0 spiro atoms. The Bertz CT molecular complexity index is 842. The van der Waals surface area contributed by atoms with Crippen LogP contribution in [-0.4, -0.2) is 26.0 Å². The van der Waals surface area contributed by atoms with E-state index in [0.29, 0.717) is 34.0 Å². The number of halogens is 1. The van der Waals surface area contributed by atoms with Crippen LogP contribution >= 0.6 is 11.6 Å². The van der Waals surface area contributed by atoms with Crippen molar-refractivity contribution in [3.05, 3.63) is 46.9 Å². The summed E-state index contributed by atoms with van der Waals surface area (Å²) in [6.45, 7) is 1.95. The molecule has 1 aromatic carbocycles. The van der Waals surface area contributed by atoms with Crippen LogP contribution in [0.2, 0.25) is 5.02 Å². The molecule has 2 aromatic heterocycles. The highest BCUT2D eigenvalue weighted by Gasteiger charge is 2.18. The summed E-state index contributed by atoms with van der Waals surface area (Å²) < 4.78 is 0. The van der Waals surface area contributed by atoms with E-state index >= 15 is 0 Å². The highest BCUT2D eigenvalue weighted by molar-refractivity contribution is 6.30. The molecule has 3 rings (SSSR count). The van der Waals surface area contributed by atoms with Crippen LogP contribution in [0, 0.1) is 0 Å². The van der Waals surface area contributed by atoms with Gasteiger partial charge in [-0.2, -0.15) is 0 Å². The minimum absolute atomic E-state index is 0.155. The lowest BCUT2D eigenvalue weighted by Crippen LogP contribution is -2.00. The van der Waals surface area contributed by atoms with E-state index in [9.17, 15) is 9.90 Å². The summed E-state index contributed by atoms with van der Waals surface area (Å²) >= 11 is 6.03. The lowest BCUT2D eigenvalue weighted by Gasteiger charge is -2.06. The Kier molecular flexibility index (Phi) is 3.35. The van der Waals surface area contributed by atoms with Crippen molar-refractivity contribution < 1.29 is 9.90 Å². The third-order valence-electron chi connectivity index (χ3n) is 3.22. The van der Waals surface area contributed by atoms with Gasteiger partial charge in [0.05, 0.1) is 16.6 Å². The number of nitrogens with zero attached hydrogens (tertiary/aromatic N) is 2. The fraction of sp³-hybridized carbons (Fsp3) is 0.133. The Hall–Kier alpha value is -2.40. The van der Waals surface area contributed by atoms with Crippen LogP contribution < -0.4 is 0 Å². The molecule has 2 N–H and O–H groups in total. The Morgan fingerprint density at radius 1 is 1.38 bits per heavy atom. The summed E-state index contributed by atoms with van der Waals surface area (Å²) in [5, 5.41) is 10.4. The van der Waals surface area contributed by atoms with Crippen LogP contribution in [0.1, 0.15) is 23.1 Å². The third-order valence-corrected chi connectivity index (χ3v) is 3.46. The molecule has 0 aliphatic rings. The van der Waals surface area contributed by atoms with Gasteiger partial charge in [-0.1, -0.05) is 30.7 Å². The number of hydrogen-bond acceptors (Lipinski definition) is 3. The molecule has 0 aliphatic heterocycles. The summed E-state index contributed by atoms with van der Waals surface area (Å²) in [4.78, 5) is 23.1.